The van der Waals surface area contributed by atoms with Gasteiger partial charge < -0.3 is 28.6 Å². The molecule has 1 aromatic carbocycles. The van der Waals surface area contributed by atoms with Gasteiger partial charge in [-0.15, -0.1) is 0 Å². The second-order valence-electron chi connectivity index (χ2n) is 6.00. The Kier molecular flexibility index (Phi) is 6.12. The summed E-state index contributed by atoms with van der Waals surface area (Å²) >= 11 is 0. The van der Waals surface area contributed by atoms with Gasteiger partial charge in [0.2, 0.25) is 6.10 Å². The predicted molar refractivity (Wildman–Crippen MR) is 90.7 cm³/mol. The fourth-order valence-electron chi connectivity index (χ4n) is 2.74. The van der Waals surface area contributed by atoms with Crippen molar-refractivity contribution in [3.63, 3.8) is 0 Å². The van der Waals surface area contributed by atoms with Crippen molar-refractivity contribution in [1.29, 1.82) is 0 Å². The van der Waals surface area contributed by atoms with Crippen LogP contribution < -0.4 is 9.47 Å². The van der Waals surface area contributed by atoms with E-state index in [2.05, 4.69) is 0 Å². The van der Waals surface area contributed by atoms with E-state index in [1.165, 1.54) is 25.3 Å². The third-order valence-electron chi connectivity index (χ3n) is 4.25. The van der Waals surface area contributed by atoms with Gasteiger partial charge in [-0.25, -0.2) is 9.59 Å². The summed E-state index contributed by atoms with van der Waals surface area (Å²) in [5, 5.41) is 0. The van der Waals surface area contributed by atoms with Crippen LogP contribution in [0.4, 0.5) is 0 Å². The SMILES string of the molecule is COc1cc(C(=O)O[C@@H]2CCOC2=O)ccc1OCC(=O)N1CCOCC1. The molecule has 0 saturated carbocycles. The molecule has 3 rings (SSSR count). The quantitative estimate of drug-likeness (QED) is 0.655. The van der Waals surface area contributed by atoms with Crippen molar-refractivity contribution in [3.8, 4) is 11.5 Å². The Morgan fingerprint density at radius 1 is 1.19 bits per heavy atom. The zero-order valence-corrected chi connectivity index (χ0v) is 15.0. The molecule has 9 heteroatoms. The van der Waals surface area contributed by atoms with Crippen LogP contribution in [0.15, 0.2) is 18.2 Å². The van der Waals surface area contributed by atoms with E-state index in [4.69, 9.17) is 23.7 Å². The lowest BCUT2D eigenvalue weighted by atomic mass is 10.2. The van der Waals surface area contributed by atoms with Gasteiger partial charge >= 0.3 is 11.9 Å². The Labute approximate surface area is 156 Å². The summed E-state index contributed by atoms with van der Waals surface area (Å²) < 4.78 is 25.9. The van der Waals surface area contributed by atoms with E-state index in [1.54, 1.807) is 4.90 Å². The predicted octanol–water partition coefficient (Wildman–Crippen LogP) is 0.405. The molecular weight excluding hydrogens is 358 g/mol. The monoisotopic (exact) mass is 379 g/mol. The maximum atomic E-state index is 12.2. The third kappa shape index (κ3) is 4.68. The number of rotatable bonds is 6. The molecule has 0 radical (unpaired) electrons. The largest absolute Gasteiger partial charge is 0.493 e. The van der Waals surface area contributed by atoms with Gasteiger partial charge in [0.05, 0.1) is 32.5 Å². The minimum Gasteiger partial charge on any atom is -0.493 e. The number of carbonyl (C=O) groups is 3. The van der Waals surface area contributed by atoms with Crippen molar-refractivity contribution < 1.29 is 38.1 Å². The molecule has 0 aromatic heterocycles. The Morgan fingerprint density at radius 3 is 2.63 bits per heavy atom. The molecule has 0 unspecified atom stereocenters. The molecule has 9 nitrogen and oxygen atoms in total. The molecule has 1 aromatic rings. The summed E-state index contributed by atoms with van der Waals surface area (Å²) in [7, 11) is 1.43. The molecule has 2 heterocycles. The smallest absolute Gasteiger partial charge is 0.347 e. The number of morpholine rings is 1. The number of esters is 2. The van der Waals surface area contributed by atoms with Gasteiger partial charge in [-0.3, -0.25) is 4.79 Å². The topological polar surface area (TPSA) is 101 Å². The number of amides is 1. The summed E-state index contributed by atoms with van der Waals surface area (Å²) in [5.41, 5.74) is 0.207. The first-order valence-corrected chi connectivity index (χ1v) is 8.62. The van der Waals surface area contributed by atoms with Gasteiger partial charge in [-0.05, 0) is 18.2 Å². The summed E-state index contributed by atoms with van der Waals surface area (Å²) in [6, 6.07) is 4.45. The molecular formula is C18H21NO8. The minimum atomic E-state index is -0.884. The fourth-order valence-corrected chi connectivity index (χ4v) is 2.74. The standard InChI is InChI=1S/C18H21NO8/c1-23-15-10-12(17(21)27-14-4-7-25-18(14)22)2-3-13(15)26-11-16(20)19-5-8-24-9-6-19/h2-3,10,14H,4-9,11H2,1H3/t14-/m1/s1. The molecule has 0 spiro atoms. The lowest BCUT2D eigenvalue weighted by Gasteiger charge is -2.26. The first kappa shape index (κ1) is 19.0. The normalized spacial score (nSPS) is 19.4. The van der Waals surface area contributed by atoms with E-state index >= 15 is 0 Å². The van der Waals surface area contributed by atoms with Gasteiger partial charge in [0.1, 0.15) is 0 Å². The second kappa shape index (κ2) is 8.72. The summed E-state index contributed by atoms with van der Waals surface area (Å²) in [6.45, 7) is 2.19. The summed E-state index contributed by atoms with van der Waals surface area (Å²) in [4.78, 5) is 37.4. The molecule has 2 aliphatic rings. The summed E-state index contributed by atoms with van der Waals surface area (Å²) in [6.07, 6.45) is -0.544. The van der Waals surface area contributed by atoms with Crippen molar-refractivity contribution in [2.75, 3.05) is 46.6 Å². The first-order valence-electron chi connectivity index (χ1n) is 8.62. The molecule has 146 valence electrons. The number of hydrogen-bond donors (Lipinski definition) is 0. The highest BCUT2D eigenvalue weighted by Gasteiger charge is 2.30. The van der Waals surface area contributed by atoms with Gasteiger partial charge in [0.15, 0.2) is 18.1 Å². The average molecular weight is 379 g/mol. The van der Waals surface area contributed by atoms with E-state index in [0.29, 0.717) is 38.5 Å². The Morgan fingerprint density at radius 2 is 1.96 bits per heavy atom. The molecule has 0 aliphatic carbocycles. The van der Waals surface area contributed by atoms with Crippen LogP contribution >= 0.6 is 0 Å². The molecule has 0 bridgehead atoms. The van der Waals surface area contributed by atoms with Crippen molar-refractivity contribution >= 4 is 17.8 Å². The molecule has 1 amide bonds. The van der Waals surface area contributed by atoms with E-state index in [9.17, 15) is 14.4 Å². The highest BCUT2D eigenvalue weighted by molar-refractivity contribution is 5.92. The van der Waals surface area contributed by atoms with Crippen molar-refractivity contribution in [2.45, 2.75) is 12.5 Å². The van der Waals surface area contributed by atoms with Crippen molar-refractivity contribution in [3.05, 3.63) is 23.8 Å². The van der Waals surface area contributed by atoms with E-state index < -0.39 is 18.0 Å². The molecule has 27 heavy (non-hydrogen) atoms. The Bertz CT molecular complexity index is 713. The maximum Gasteiger partial charge on any atom is 0.347 e. The number of nitrogens with zero attached hydrogens (tertiary/aromatic N) is 1. The highest BCUT2D eigenvalue weighted by Crippen LogP contribution is 2.29. The highest BCUT2D eigenvalue weighted by atomic mass is 16.6. The maximum absolute atomic E-state index is 12.2. The number of hydrogen-bond acceptors (Lipinski definition) is 8. The van der Waals surface area contributed by atoms with Gasteiger partial charge in [-0.2, -0.15) is 0 Å². The van der Waals surface area contributed by atoms with Crippen molar-refractivity contribution in [2.24, 2.45) is 0 Å². The molecule has 2 aliphatic heterocycles. The number of benzene rings is 1. The molecule has 2 saturated heterocycles. The lowest BCUT2D eigenvalue weighted by molar-refractivity contribution is -0.145. The average Bonchev–Trinajstić information content (AvgIpc) is 3.11. The fraction of sp³-hybridized carbons (Fsp3) is 0.500. The minimum absolute atomic E-state index is 0.145. The first-order chi connectivity index (χ1) is 13.1. The zero-order chi connectivity index (χ0) is 19.2. The van der Waals surface area contributed by atoms with Crippen LogP contribution in [0, 0.1) is 0 Å². The van der Waals surface area contributed by atoms with Crippen LogP contribution in [0.25, 0.3) is 0 Å². The van der Waals surface area contributed by atoms with Crippen LogP contribution in [-0.2, 0) is 23.8 Å². The Hall–Kier alpha value is -2.81. The van der Waals surface area contributed by atoms with Gasteiger partial charge in [0.25, 0.3) is 5.91 Å². The third-order valence-corrected chi connectivity index (χ3v) is 4.25. The number of cyclic esters (lactones) is 1. The Balaban J connectivity index is 1.60. The van der Waals surface area contributed by atoms with Crippen LogP contribution in [0.1, 0.15) is 16.8 Å². The molecule has 2 fully saturated rings. The van der Waals surface area contributed by atoms with Gasteiger partial charge in [-0.1, -0.05) is 0 Å². The number of methoxy groups -OCH3 is 1. The molecule has 1 atom stereocenters. The van der Waals surface area contributed by atoms with E-state index in [1.807, 2.05) is 0 Å². The van der Waals surface area contributed by atoms with Crippen LogP contribution in [0.5, 0.6) is 11.5 Å². The number of carbonyl (C=O) groups excluding carboxylic acids is 3. The summed E-state index contributed by atoms with van der Waals surface area (Å²) in [5.74, 6) is -0.738. The van der Waals surface area contributed by atoms with Crippen molar-refractivity contribution in [1.82, 2.24) is 4.90 Å². The van der Waals surface area contributed by atoms with Crippen LogP contribution in [-0.4, -0.2) is 75.5 Å². The van der Waals surface area contributed by atoms with Crippen LogP contribution in [0.3, 0.4) is 0 Å². The van der Waals surface area contributed by atoms with E-state index in [0.717, 1.165) is 0 Å². The van der Waals surface area contributed by atoms with E-state index in [-0.39, 0.29) is 30.4 Å². The van der Waals surface area contributed by atoms with Gasteiger partial charge in [0, 0.05) is 19.5 Å². The van der Waals surface area contributed by atoms with Crippen LogP contribution in [0.2, 0.25) is 0 Å². The number of ether oxygens (including phenoxy) is 5. The zero-order valence-electron chi connectivity index (χ0n) is 15.0. The lowest BCUT2D eigenvalue weighted by Crippen LogP contribution is -2.43. The molecule has 0 N–H and O–H groups in total. The second-order valence-corrected chi connectivity index (χ2v) is 6.00.